The van der Waals surface area contributed by atoms with Gasteiger partial charge in [-0.2, -0.15) is 0 Å². The summed E-state index contributed by atoms with van der Waals surface area (Å²) in [7, 11) is 2.92. The summed E-state index contributed by atoms with van der Waals surface area (Å²) in [5.74, 6) is 1.11. The second-order valence-corrected chi connectivity index (χ2v) is 7.88. The lowest BCUT2D eigenvalue weighted by Crippen LogP contribution is -2.34. The molecule has 0 bridgehead atoms. The predicted molar refractivity (Wildman–Crippen MR) is 108 cm³/mol. The standard InChI is InChI=1S/C22H26O9/c1-9-11(3)27-21(17-13(25-5)7-15(23)29-19(9)17)31-22-18-14(26-6)8-16(24)30-20(18)10(2)12(4)28-22/h7-12,21-22H,1-6H3/t9-,10-,11+,12+,21+,22+/m1/s1. The first-order valence-electron chi connectivity index (χ1n) is 10.1. The van der Waals surface area contributed by atoms with Crippen LogP contribution in [0.4, 0.5) is 0 Å². The summed E-state index contributed by atoms with van der Waals surface area (Å²) in [6.45, 7) is 7.53. The van der Waals surface area contributed by atoms with Gasteiger partial charge in [-0.15, -0.1) is 0 Å². The third kappa shape index (κ3) is 3.66. The summed E-state index contributed by atoms with van der Waals surface area (Å²) in [6.07, 6.45) is -2.50. The van der Waals surface area contributed by atoms with Gasteiger partial charge < -0.3 is 32.5 Å². The van der Waals surface area contributed by atoms with Crippen LogP contribution in [0.1, 0.15) is 74.8 Å². The SMILES string of the molecule is COc1cc(=O)oc2c1[C@H](O[C@@H]1O[C@@H](C)[C@@H](C)c3oc(=O)cc(OC)c31)O[C@@H](C)[C@H]2C. The minimum Gasteiger partial charge on any atom is -0.496 e. The molecular formula is C22H26O9. The average Bonchev–Trinajstić information content (AvgIpc) is 2.73. The maximum atomic E-state index is 12.0. The molecule has 0 aromatic carbocycles. The molecule has 31 heavy (non-hydrogen) atoms. The Labute approximate surface area is 178 Å². The van der Waals surface area contributed by atoms with E-state index in [2.05, 4.69) is 0 Å². The Morgan fingerprint density at radius 3 is 1.45 bits per heavy atom. The van der Waals surface area contributed by atoms with Crippen molar-refractivity contribution in [3.8, 4) is 11.5 Å². The molecule has 2 aliphatic rings. The quantitative estimate of drug-likeness (QED) is 0.716. The monoisotopic (exact) mass is 434 g/mol. The molecule has 0 amide bonds. The Balaban J connectivity index is 1.81. The minimum absolute atomic E-state index is 0.191. The second-order valence-electron chi connectivity index (χ2n) is 7.88. The third-order valence-corrected chi connectivity index (χ3v) is 6.05. The van der Waals surface area contributed by atoms with Gasteiger partial charge in [-0.1, -0.05) is 13.8 Å². The van der Waals surface area contributed by atoms with Crippen LogP contribution in [0.15, 0.2) is 30.6 Å². The van der Waals surface area contributed by atoms with E-state index in [9.17, 15) is 9.59 Å². The van der Waals surface area contributed by atoms with E-state index in [4.69, 9.17) is 32.5 Å². The second kappa shape index (κ2) is 8.14. The Bertz CT molecular complexity index is 1000. The van der Waals surface area contributed by atoms with Crippen molar-refractivity contribution in [3.63, 3.8) is 0 Å². The number of fused-ring (bicyclic) bond motifs is 2. The molecule has 168 valence electrons. The van der Waals surface area contributed by atoms with Crippen LogP contribution < -0.4 is 20.7 Å². The van der Waals surface area contributed by atoms with Crippen LogP contribution in [0.2, 0.25) is 0 Å². The molecule has 0 saturated heterocycles. The molecule has 2 aliphatic heterocycles. The highest BCUT2D eigenvalue weighted by atomic mass is 16.8. The van der Waals surface area contributed by atoms with Crippen molar-refractivity contribution < 1.29 is 32.5 Å². The molecule has 0 N–H and O–H groups in total. The summed E-state index contributed by atoms with van der Waals surface area (Å²) >= 11 is 0. The normalized spacial score (nSPS) is 29.7. The van der Waals surface area contributed by atoms with Crippen LogP contribution in [0.5, 0.6) is 11.5 Å². The van der Waals surface area contributed by atoms with Gasteiger partial charge in [0.25, 0.3) is 0 Å². The molecule has 0 unspecified atom stereocenters. The summed E-state index contributed by atoms with van der Waals surface area (Å²) < 4.78 is 40.3. The van der Waals surface area contributed by atoms with Crippen molar-refractivity contribution in [2.75, 3.05) is 14.2 Å². The van der Waals surface area contributed by atoms with Crippen molar-refractivity contribution >= 4 is 0 Å². The molecule has 4 heterocycles. The van der Waals surface area contributed by atoms with Gasteiger partial charge in [-0.05, 0) is 13.8 Å². The first-order valence-corrected chi connectivity index (χ1v) is 10.1. The van der Waals surface area contributed by atoms with Gasteiger partial charge in [0.1, 0.15) is 23.0 Å². The lowest BCUT2D eigenvalue weighted by molar-refractivity contribution is -0.289. The summed E-state index contributed by atoms with van der Waals surface area (Å²) in [6, 6.07) is 2.50. The van der Waals surface area contributed by atoms with Crippen LogP contribution in [0.25, 0.3) is 0 Å². The van der Waals surface area contributed by atoms with Gasteiger partial charge in [0.05, 0.1) is 49.7 Å². The summed E-state index contributed by atoms with van der Waals surface area (Å²) in [4.78, 5) is 24.0. The van der Waals surface area contributed by atoms with Crippen molar-refractivity contribution in [1.29, 1.82) is 0 Å². The zero-order chi connectivity index (χ0) is 22.4. The first kappa shape index (κ1) is 21.6. The van der Waals surface area contributed by atoms with E-state index in [1.807, 2.05) is 27.7 Å². The average molecular weight is 434 g/mol. The number of ether oxygens (including phenoxy) is 5. The number of hydrogen-bond donors (Lipinski definition) is 0. The van der Waals surface area contributed by atoms with Crippen LogP contribution in [0.3, 0.4) is 0 Å². The Hall–Kier alpha value is -2.62. The molecule has 6 atom stereocenters. The highest BCUT2D eigenvalue weighted by molar-refractivity contribution is 5.40. The van der Waals surface area contributed by atoms with Gasteiger partial charge in [0.15, 0.2) is 12.6 Å². The fraction of sp³-hybridized carbons (Fsp3) is 0.545. The van der Waals surface area contributed by atoms with Gasteiger partial charge in [-0.25, -0.2) is 9.59 Å². The molecule has 9 heteroatoms. The Kier molecular flexibility index (Phi) is 5.67. The Morgan fingerprint density at radius 1 is 0.710 bits per heavy atom. The molecule has 0 fully saturated rings. The minimum atomic E-state index is -0.949. The zero-order valence-corrected chi connectivity index (χ0v) is 18.3. The lowest BCUT2D eigenvalue weighted by Gasteiger charge is -2.39. The van der Waals surface area contributed by atoms with Gasteiger partial charge in [0.2, 0.25) is 0 Å². The van der Waals surface area contributed by atoms with E-state index in [0.717, 1.165) is 0 Å². The third-order valence-electron chi connectivity index (χ3n) is 6.05. The number of rotatable bonds is 4. The fourth-order valence-corrected chi connectivity index (χ4v) is 3.98. The van der Waals surface area contributed by atoms with E-state index >= 15 is 0 Å². The van der Waals surface area contributed by atoms with E-state index in [-0.39, 0.29) is 24.0 Å². The summed E-state index contributed by atoms with van der Waals surface area (Å²) in [5.41, 5.74) is -0.0538. The van der Waals surface area contributed by atoms with Gasteiger partial charge >= 0.3 is 11.3 Å². The first-order chi connectivity index (χ1) is 14.7. The predicted octanol–water partition coefficient (Wildman–Crippen LogP) is 3.37. The molecule has 0 aliphatic carbocycles. The van der Waals surface area contributed by atoms with Crippen molar-refractivity contribution in [2.45, 2.75) is 64.3 Å². The van der Waals surface area contributed by atoms with Crippen LogP contribution in [-0.4, -0.2) is 26.4 Å². The maximum Gasteiger partial charge on any atom is 0.339 e. The smallest absolute Gasteiger partial charge is 0.339 e. The molecule has 2 aromatic heterocycles. The molecule has 0 spiro atoms. The maximum absolute atomic E-state index is 12.0. The Morgan fingerprint density at radius 2 is 1.10 bits per heavy atom. The highest BCUT2D eigenvalue weighted by Crippen LogP contribution is 2.48. The number of methoxy groups -OCH3 is 2. The molecule has 0 saturated carbocycles. The molecular weight excluding hydrogens is 408 g/mol. The largest absolute Gasteiger partial charge is 0.496 e. The van der Waals surface area contributed by atoms with E-state index in [1.165, 1.54) is 26.4 Å². The fourth-order valence-electron chi connectivity index (χ4n) is 3.98. The zero-order valence-electron chi connectivity index (χ0n) is 18.3. The highest BCUT2D eigenvalue weighted by Gasteiger charge is 2.42. The van der Waals surface area contributed by atoms with Crippen LogP contribution in [-0.2, 0) is 14.2 Å². The molecule has 2 aromatic rings. The number of hydrogen-bond acceptors (Lipinski definition) is 9. The van der Waals surface area contributed by atoms with Crippen LogP contribution >= 0.6 is 0 Å². The van der Waals surface area contributed by atoms with E-state index in [1.54, 1.807) is 0 Å². The van der Waals surface area contributed by atoms with Crippen molar-refractivity contribution in [3.05, 3.63) is 55.6 Å². The van der Waals surface area contributed by atoms with Gasteiger partial charge in [0, 0.05) is 11.8 Å². The van der Waals surface area contributed by atoms with Crippen LogP contribution in [0, 0.1) is 0 Å². The van der Waals surface area contributed by atoms with E-state index < -0.39 is 23.8 Å². The van der Waals surface area contributed by atoms with Crippen molar-refractivity contribution in [1.82, 2.24) is 0 Å². The summed E-state index contributed by atoms with van der Waals surface area (Å²) in [5, 5.41) is 0. The van der Waals surface area contributed by atoms with Gasteiger partial charge in [-0.3, -0.25) is 0 Å². The molecule has 9 nitrogen and oxygen atoms in total. The molecule has 4 rings (SSSR count). The van der Waals surface area contributed by atoms with Crippen molar-refractivity contribution in [2.24, 2.45) is 0 Å². The lowest BCUT2D eigenvalue weighted by atomic mass is 9.93. The molecule has 0 radical (unpaired) electrons. The van der Waals surface area contributed by atoms with E-state index in [0.29, 0.717) is 34.1 Å². The topological polar surface area (TPSA) is 107 Å².